The Bertz CT molecular complexity index is 949. The van der Waals surface area contributed by atoms with Gasteiger partial charge in [-0.3, -0.25) is 0 Å². The van der Waals surface area contributed by atoms with Gasteiger partial charge in [-0.2, -0.15) is 0 Å². The van der Waals surface area contributed by atoms with Gasteiger partial charge >= 0.3 is 0 Å². The number of benzene rings is 3. The molecular weight excluding hydrogens is 339 g/mol. The summed E-state index contributed by atoms with van der Waals surface area (Å²) in [6.45, 7) is 2.23. The number of phenols is 2. The third-order valence-electron chi connectivity index (χ3n) is 5.90. The molecule has 0 unspecified atom stereocenters. The predicted octanol–water partition coefficient (Wildman–Crippen LogP) is 5.54. The van der Waals surface area contributed by atoms with Gasteiger partial charge in [-0.1, -0.05) is 37.3 Å². The Morgan fingerprint density at radius 3 is 2.41 bits per heavy atom. The summed E-state index contributed by atoms with van der Waals surface area (Å²) >= 11 is 0. The second-order valence-corrected chi connectivity index (χ2v) is 7.58. The first-order valence-corrected chi connectivity index (χ1v) is 9.36. The lowest BCUT2D eigenvalue weighted by Crippen LogP contribution is -2.27. The molecule has 0 aromatic heterocycles. The van der Waals surface area contributed by atoms with Gasteiger partial charge in [-0.05, 0) is 89.2 Å². The zero-order valence-electron chi connectivity index (χ0n) is 15.3. The molecule has 0 spiro atoms. The smallest absolute Gasteiger partial charge is 0.123 e. The fourth-order valence-corrected chi connectivity index (χ4v) is 4.46. The van der Waals surface area contributed by atoms with E-state index in [4.69, 9.17) is 0 Å². The lowest BCUT2D eigenvalue weighted by molar-refractivity contribution is 0.346. The van der Waals surface area contributed by atoms with E-state index in [2.05, 4.69) is 6.92 Å². The van der Waals surface area contributed by atoms with Crippen molar-refractivity contribution in [2.75, 3.05) is 0 Å². The Balaban J connectivity index is 1.74. The number of fused-ring (bicyclic) bond motifs is 1. The largest absolute Gasteiger partial charge is 0.508 e. The highest BCUT2D eigenvalue weighted by atomic mass is 19.1. The summed E-state index contributed by atoms with van der Waals surface area (Å²) in [6, 6.07) is 19.8. The molecule has 3 aromatic rings. The average Bonchev–Trinajstić information content (AvgIpc) is 2.65. The van der Waals surface area contributed by atoms with Gasteiger partial charge in [0.1, 0.15) is 17.3 Å². The molecule has 0 saturated carbocycles. The standard InChI is InChI=1S/C24H23FO2/c1-15-22(17-5-8-20(26)9-6-17)13-18-7-10-21(27)14-24(18)23(15)12-16-3-2-4-19(25)11-16/h2-11,14-15,22-23,26-27H,12-13H2,1H3/t15-,22-,23-/m0/s1. The van der Waals surface area contributed by atoms with Crippen molar-refractivity contribution in [2.24, 2.45) is 5.92 Å². The molecule has 3 heteroatoms. The molecule has 4 rings (SSSR count). The molecule has 0 heterocycles. The van der Waals surface area contributed by atoms with Crippen LogP contribution < -0.4 is 0 Å². The summed E-state index contributed by atoms with van der Waals surface area (Å²) in [7, 11) is 0. The first kappa shape index (κ1) is 17.6. The van der Waals surface area contributed by atoms with Crippen LogP contribution in [0.3, 0.4) is 0 Å². The number of aromatic hydroxyl groups is 2. The minimum absolute atomic E-state index is 0.182. The number of hydrogen-bond acceptors (Lipinski definition) is 2. The maximum atomic E-state index is 13.7. The molecule has 0 fully saturated rings. The van der Waals surface area contributed by atoms with Gasteiger partial charge in [0.05, 0.1) is 0 Å². The van der Waals surface area contributed by atoms with E-state index in [1.165, 1.54) is 17.2 Å². The van der Waals surface area contributed by atoms with Gasteiger partial charge in [-0.25, -0.2) is 4.39 Å². The van der Waals surface area contributed by atoms with Crippen LogP contribution in [0.2, 0.25) is 0 Å². The summed E-state index contributed by atoms with van der Waals surface area (Å²) in [6.07, 6.45) is 1.62. The van der Waals surface area contributed by atoms with E-state index in [1.807, 2.05) is 30.3 Å². The summed E-state index contributed by atoms with van der Waals surface area (Å²) in [5, 5.41) is 19.6. The highest BCUT2D eigenvalue weighted by molar-refractivity contribution is 5.43. The zero-order valence-corrected chi connectivity index (χ0v) is 15.3. The first-order chi connectivity index (χ1) is 13.0. The van der Waals surface area contributed by atoms with Gasteiger partial charge < -0.3 is 10.2 Å². The maximum Gasteiger partial charge on any atom is 0.123 e. The fraction of sp³-hybridized carbons (Fsp3) is 0.250. The fourth-order valence-electron chi connectivity index (χ4n) is 4.46. The lowest BCUT2D eigenvalue weighted by atomic mass is 9.66. The maximum absolute atomic E-state index is 13.7. The van der Waals surface area contributed by atoms with Crippen LogP contribution in [-0.4, -0.2) is 10.2 Å². The Kier molecular flexibility index (Phi) is 4.61. The van der Waals surface area contributed by atoms with Crippen molar-refractivity contribution < 1.29 is 14.6 Å². The van der Waals surface area contributed by atoms with Crippen LogP contribution in [-0.2, 0) is 12.8 Å². The molecule has 0 saturated heterocycles. The van der Waals surface area contributed by atoms with Crippen LogP contribution in [0.15, 0.2) is 66.7 Å². The Morgan fingerprint density at radius 1 is 0.926 bits per heavy atom. The average molecular weight is 362 g/mol. The van der Waals surface area contributed by atoms with E-state index in [9.17, 15) is 14.6 Å². The summed E-state index contributed by atoms with van der Waals surface area (Å²) in [5.41, 5.74) is 4.54. The molecule has 3 aromatic carbocycles. The quantitative estimate of drug-likeness (QED) is 0.642. The molecule has 1 aliphatic carbocycles. The number of rotatable bonds is 3. The van der Waals surface area contributed by atoms with Crippen LogP contribution in [0, 0.1) is 11.7 Å². The van der Waals surface area contributed by atoms with Crippen molar-refractivity contribution in [3.63, 3.8) is 0 Å². The van der Waals surface area contributed by atoms with Gasteiger partial charge in [0.25, 0.3) is 0 Å². The van der Waals surface area contributed by atoms with Crippen molar-refractivity contribution in [3.8, 4) is 11.5 Å². The molecular formula is C24H23FO2. The van der Waals surface area contributed by atoms with Crippen LogP contribution in [0.5, 0.6) is 11.5 Å². The normalized spacial score (nSPS) is 21.6. The van der Waals surface area contributed by atoms with Crippen LogP contribution in [0.4, 0.5) is 4.39 Å². The van der Waals surface area contributed by atoms with Crippen molar-refractivity contribution in [1.29, 1.82) is 0 Å². The van der Waals surface area contributed by atoms with Crippen LogP contribution in [0.25, 0.3) is 0 Å². The third kappa shape index (κ3) is 3.55. The van der Waals surface area contributed by atoms with Gasteiger partial charge in [0, 0.05) is 0 Å². The Morgan fingerprint density at radius 2 is 1.67 bits per heavy atom. The number of halogens is 1. The molecule has 0 aliphatic heterocycles. The predicted molar refractivity (Wildman–Crippen MR) is 105 cm³/mol. The molecule has 2 nitrogen and oxygen atoms in total. The lowest BCUT2D eigenvalue weighted by Gasteiger charge is -2.38. The Hall–Kier alpha value is -2.81. The molecule has 0 radical (unpaired) electrons. The summed E-state index contributed by atoms with van der Waals surface area (Å²) in [5.74, 6) is 1.12. The van der Waals surface area contributed by atoms with Gasteiger partial charge in [-0.15, -0.1) is 0 Å². The molecule has 0 amide bonds. The van der Waals surface area contributed by atoms with Gasteiger partial charge in [0.15, 0.2) is 0 Å². The van der Waals surface area contributed by atoms with Crippen molar-refractivity contribution in [3.05, 3.63) is 94.8 Å². The molecule has 3 atom stereocenters. The van der Waals surface area contributed by atoms with Crippen LogP contribution in [0.1, 0.15) is 41.0 Å². The topological polar surface area (TPSA) is 40.5 Å². The summed E-state index contributed by atoms with van der Waals surface area (Å²) < 4.78 is 13.7. The van der Waals surface area contributed by atoms with E-state index in [0.717, 1.165) is 24.0 Å². The van der Waals surface area contributed by atoms with E-state index in [1.54, 1.807) is 30.3 Å². The van der Waals surface area contributed by atoms with E-state index in [0.29, 0.717) is 11.8 Å². The highest BCUT2D eigenvalue weighted by Gasteiger charge is 2.35. The van der Waals surface area contributed by atoms with E-state index in [-0.39, 0.29) is 23.2 Å². The second-order valence-electron chi connectivity index (χ2n) is 7.58. The second kappa shape index (κ2) is 7.07. The molecule has 1 aliphatic rings. The monoisotopic (exact) mass is 362 g/mol. The van der Waals surface area contributed by atoms with E-state index >= 15 is 0 Å². The Labute approximate surface area is 158 Å². The summed E-state index contributed by atoms with van der Waals surface area (Å²) in [4.78, 5) is 0. The number of phenolic OH excluding ortho intramolecular Hbond substituents is 2. The SMILES string of the molecule is C[C@H]1[C@@H](c2ccc(O)cc2)Cc2ccc(O)cc2[C@H]1Cc1cccc(F)c1. The third-order valence-corrected chi connectivity index (χ3v) is 5.90. The molecule has 2 N–H and O–H groups in total. The van der Waals surface area contributed by atoms with Crippen molar-refractivity contribution in [2.45, 2.75) is 31.6 Å². The first-order valence-electron chi connectivity index (χ1n) is 9.36. The molecule has 0 bridgehead atoms. The molecule has 27 heavy (non-hydrogen) atoms. The molecule has 138 valence electrons. The minimum Gasteiger partial charge on any atom is -0.508 e. The zero-order chi connectivity index (χ0) is 19.0. The number of hydrogen-bond donors (Lipinski definition) is 2. The minimum atomic E-state index is -0.220. The highest BCUT2D eigenvalue weighted by Crippen LogP contribution is 2.46. The van der Waals surface area contributed by atoms with E-state index < -0.39 is 0 Å². The van der Waals surface area contributed by atoms with Crippen LogP contribution >= 0.6 is 0 Å². The van der Waals surface area contributed by atoms with Crippen molar-refractivity contribution >= 4 is 0 Å². The van der Waals surface area contributed by atoms with Crippen molar-refractivity contribution in [1.82, 2.24) is 0 Å². The van der Waals surface area contributed by atoms with Gasteiger partial charge in [0.2, 0.25) is 0 Å².